The van der Waals surface area contributed by atoms with Crippen LogP contribution in [0.4, 0.5) is 0 Å². The van der Waals surface area contributed by atoms with Crippen LogP contribution < -0.4 is 5.32 Å². The van der Waals surface area contributed by atoms with Crippen molar-refractivity contribution >= 4 is 11.8 Å². The second-order valence-electron chi connectivity index (χ2n) is 8.21. The van der Waals surface area contributed by atoms with Gasteiger partial charge in [-0.25, -0.2) is 0 Å². The lowest BCUT2D eigenvalue weighted by molar-refractivity contribution is -0.140. The summed E-state index contributed by atoms with van der Waals surface area (Å²) in [6.45, 7) is 5.71. The van der Waals surface area contributed by atoms with Crippen LogP contribution in [0.1, 0.15) is 60.1 Å². The Balaban J connectivity index is 1.39. The molecular weight excluding hydrogens is 386 g/mol. The first kappa shape index (κ1) is 20.6. The average Bonchev–Trinajstić information content (AvgIpc) is 3.40. The second kappa shape index (κ2) is 8.99. The molecule has 2 aromatic heterocycles. The SMILES string of the molecule is CCCO[C@H]1C[C@@H](C(=O)N2CCc3[nH]ncc3C2)CC[C@@H]1NC(=O)c1cc(C)on1. The third kappa shape index (κ3) is 4.40. The van der Waals surface area contributed by atoms with Crippen LogP contribution in [0.3, 0.4) is 0 Å². The Morgan fingerprint density at radius 3 is 3.03 bits per heavy atom. The highest BCUT2D eigenvalue weighted by Gasteiger charge is 2.38. The Kier molecular flexibility index (Phi) is 6.17. The highest BCUT2D eigenvalue weighted by Crippen LogP contribution is 2.30. The molecule has 2 aromatic rings. The molecule has 0 spiro atoms. The van der Waals surface area contributed by atoms with Crippen molar-refractivity contribution in [3.63, 3.8) is 0 Å². The van der Waals surface area contributed by atoms with Crippen molar-refractivity contribution in [2.24, 2.45) is 5.92 Å². The van der Waals surface area contributed by atoms with Crippen LogP contribution in [0.2, 0.25) is 0 Å². The van der Waals surface area contributed by atoms with E-state index in [4.69, 9.17) is 9.26 Å². The maximum Gasteiger partial charge on any atom is 0.273 e. The van der Waals surface area contributed by atoms with Crippen LogP contribution >= 0.6 is 0 Å². The number of nitrogens with one attached hydrogen (secondary N) is 2. The van der Waals surface area contributed by atoms with E-state index in [9.17, 15) is 9.59 Å². The number of rotatable bonds is 6. The molecule has 1 aliphatic heterocycles. The van der Waals surface area contributed by atoms with Crippen LogP contribution in [0.5, 0.6) is 0 Å². The van der Waals surface area contributed by atoms with Gasteiger partial charge in [-0.1, -0.05) is 12.1 Å². The standard InChI is InChI=1S/C21H29N5O4/c1-3-8-29-19-10-14(21(28)26-7-6-16-15(12-26)11-22-24-16)4-5-17(19)23-20(27)18-9-13(2)30-25-18/h9,11,14,17,19H,3-8,10,12H2,1-2H3,(H,22,24)(H,23,27)/t14-,17-,19-/m0/s1. The van der Waals surface area contributed by atoms with Gasteiger partial charge in [0.05, 0.1) is 18.3 Å². The van der Waals surface area contributed by atoms with Crippen molar-refractivity contribution in [1.82, 2.24) is 25.6 Å². The van der Waals surface area contributed by atoms with E-state index in [0.29, 0.717) is 38.3 Å². The maximum absolute atomic E-state index is 13.2. The van der Waals surface area contributed by atoms with Crippen molar-refractivity contribution in [3.8, 4) is 0 Å². The molecule has 0 radical (unpaired) electrons. The van der Waals surface area contributed by atoms with Crippen molar-refractivity contribution in [3.05, 3.63) is 35.0 Å². The van der Waals surface area contributed by atoms with Gasteiger partial charge in [-0.2, -0.15) is 5.10 Å². The van der Waals surface area contributed by atoms with E-state index in [1.807, 2.05) is 11.8 Å². The quantitative estimate of drug-likeness (QED) is 0.746. The number of aromatic nitrogens is 3. The van der Waals surface area contributed by atoms with Crippen LogP contribution in [-0.4, -0.2) is 57.4 Å². The first-order valence-electron chi connectivity index (χ1n) is 10.7. The monoisotopic (exact) mass is 415 g/mol. The molecule has 162 valence electrons. The zero-order chi connectivity index (χ0) is 21.1. The lowest BCUT2D eigenvalue weighted by Gasteiger charge is -2.38. The molecule has 2 N–H and O–H groups in total. The summed E-state index contributed by atoms with van der Waals surface area (Å²) in [6.07, 6.45) is 5.32. The molecule has 2 amide bonds. The number of ether oxygens (including phenoxy) is 1. The summed E-state index contributed by atoms with van der Waals surface area (Å²) in [4.78, 5) is 27.6. The topological polar surface area (TPSA) is 113 Å². The Morgan fingerprint density at radius 1 is 1.40 bits per heavy atom. The van der Waals surface area contributed by atoms with E-state index in [1.54, 1.807) is 19.2 Å². The van der Waals surface area contributed by atoms with Crippen molar-refractivity contribution < 1.29 is 18.8 Å². The molecule has 0 unspecified atom stereocenters. The minimum absolute atomic E-state index is 0.0947. The molecule has 30 heavy (non-hydrogen) atoms. The first-order valence-corrected chi connectivity index (χ1v) is 10.7. The van der Waals surface area contributed by atoms with Crippen molar-refractivity contribution in [2.45, 2.75) is 64.6 Å². The first-order chi connectivity index (χ1) is 14.5. The van der Waals surface area contributed by atoms with E-state index in [2.05, 4.69) is 20.7 Å². The van der Waals surface area contributed by atoms with Gasteiger partial charge in [0.15, 0.2) is 5.69 Å². The summed E-state index contributed by atoms with van der Waals surface area (Å²) in [6, 6.07) is 1.47. The normalized spacial score (nSPS) is 23.8. The molecular formula is C21H29N5O4. The number of H-pyrrole nitrogens is 1. The van der Waals surface area contributed by atoms with Gasteiger partial charge in [0.25, 0.3) is 5.91 Å². The zero-order valence-corrected chi connectivity index (χ0v) is 17.5. The lowest BCUT2D eigenvalue weighted by atomic mass is 9.82. The van der Waals surface area contributed by atoms with Crippen LogP contribution in [0, 0.1) is 12.8 Å². The molecule has 1 aliphatic carbocycles. The predicted octanol–water partition coefficient (Wildman–Crippen LogP) is 1.98. The summed E-state index contributed by atoms with van der Waals surface area (Å²) >= 11 is 0. The molecule has 0 bridgehead atoms. The van der Waals surface area contributed by atoms with Gasteiger partial charge in [-0.15, -0.1) is 0 Å². The molecule has 1 saturated carbocycles. The average molecular weight is 415 g/mol. The zero-order valence-electron chi connectivity index (χ0n) is 17.5. The number of carbonyl (C=O) groups is 2. The second-order valence-corrected chi connectivity index (χ2v) is 8.21. The van der Waals surface area contributed by atoms with Crippen molar-refractivity contribution in [1.29, 1.82) is 0 Å². The molecule has 3 heterocycles. The van der Waals surface area contributed by atoms with Crippen molar-refractivity contribution in [2.75, 3.05) is 13.2 Å². The number of nitrogens with zero attached hydrogens (tertiary/aromatic N) is 3. The molecule has 0 aromatic carbocycles. The van der Waals surface area contributed by atoms with Crippen LogP contribution in [0.15, 0.2) is 16.8 Å². The van der Waals surface area contributed by atoms with E-state index in [-0.39, 0.29) is 35.6 Å². The molecule has 9 heteroatoms. The third-order valence-corrected chi connectivity index (χ3v) is 5.97. The highest BCUT2D eigenvalue weighted by atomic mass is 16.5. The Labute approximate surface area is 175 Å². The molecule has 0 saturated heterocycles. The van der Waals surface area contributed by atoms with E-state index >= 15 is 0 Å². The number of aromatic amines is 1. The maximum atomic E-state index is 13.2. The van der Waals surface area contributed by atoms with Crippen LogP contribution in [-0.2, 0) is 22.5 Å². The third-order valence-electron chi connectivity index (χ3n) is 5.97. The smallest absolute Gasteiger partial charge is 0.273 e. The minimum atomic E-state index is -0.268. The molecule has 2 aliphatic rings. The van der Waals surface area contributed by atoms with Gasteiger partial charge in [-0.3, -0.25) is 14.7 Å². The number of amides is 2. The fraction of sp³-hybridized carbons (Fsp3) is 0.619. The molecule has 4 rings (SSSR count). The summed E-state index contributed by atoms with van der Waals surface area (Å²) < 4.78 is 11.1. The number of aryl methyl sites for hydroxylation is 1. The van der Waals surface area contributed by atoms with E-state index in [0.717, 1.165) is 30.5 Å². The Bertz CT molecular complexity index is 892. The fourth-order valence-electron chi connectivity index (χ4n) is 4.36. The minimum Gasteiger partial charge on any atom is -0.376 e. The molecule has 3 atom stereocenters. The van der Waals surface area contributed by atoms with Gasteiger partial charge in [-0.05, 0) is 32.6 Å². The van der Waals surface area contributed by atoms with Gasteiger partial charge < -0.3 is 19.5 Å². The van der Waals surface area contributed by atoms with Crippen LogP contribution in [0.25, 0.3) is 0 Å². The summed E-state index contributed by atoms with van der Waals surface area (Å²) in [5.41, 5.74) is 2.49. The molecule has 9 nitrogen and oxygen atoms in total. The van der Waals surface area contributed by atoms with Gasteiger partial charge in [0.2, 0.25) is 5.91 Å². The summed E-state index contributed by atoms with van der Waals surface area (Å²) in [5, 5.41) is 13.9. The number of hydrogen-bond acceptors (Lipinski definition) is 6. The highest BCUT2D eigenvalue weighted by molar-refractivity contribution is 5.92. The van der Waals surface area contributed by atoms with Gasteiger partial charge in [0.1, 0.15) is 5.76 Å². The molecule has 1 fully saturated rings. The fourth-order valence-corrected chi connectivity index (χ4v) is 4.36. The van der Waals surface area contributed by atoms with Gasteiger partial charge in [0, 0.05) is 49.4 Å². The lowest BCUT2D eigenvalue weighted by Crippen LogP contribution is -2.51. The van der Waals surface area contributed by atoms with E-state index < -0.39 is 0 Å². The summed E-state index contributed by atoms with van der Waals surface area (Å²) in [5.74, 6) is 0.400. The number of fused-ring (bicyclic) bond motifs is 1. The van der Waals surface area contributed by atoms with E-state index in [1.165, 1.54) is 0 Å². The predicted molar refractivity (Wildman–Crippen MR) is 108 cm³/mol. The Morgan fingerprint density at radius 2 is 2.27 bits per heavy atom. The Hall–Kier alpha value is -2.68. The van der Waals surface area contributed by atoms with Gasteiger partial charge >= 0.3 is 0 Å². The largest absolute Gasteiger partial charge is 0.376 e. The summed E-state index contributed by atoms with van der Waals surface area (Å²) in [7, 11) is 0. The number of carbonyl (C=O) groups excluding carboxylic acids is 2. The number of hydrogen-bond donors (Lipinski definition) is 2.